The number of hydrogen-bond donors (Lipinski definition) is 6. The van der Waals surface area contributed by atoms with Crippen LogP contribution in [0.1, 0.15) is 354 Å². The van der Waals surface area contributed by atoms with E-state index >= 15 is 0 Å². The van der Waals surface area contributed by atoms with Gasteiger partial charge in [-0.1, -0.05) is 82.8 Å². The Bertz CT molecular complexity index is 7870. The van der Waals surface area contributed by atoms with Gasteiger partial charge in [0, 0.05) is 184 Å². The number of hydrogen-bond acceptors (Lipinski definition) is 24. The van der Waals surface area contributed by atoms with Crippen molar-refractivity contribution in [3.8, 4) is 69.0 Å². The van der Waals surface area contributed by atoms with E-state index in [1.54, 1.807) is 13.8 Å². The van der Waals surface area contributed by atoms with Crippen LogP contribution in [0, 0.1) is 70.9 Å². The largest absolute Gasteiger partial charge is 0.493 e. The first-order chi connectivity index (χ1) is 91.5. The summed E-state index contributed by atoms with van der Waals surface area (Å²) in [6.07, 6.45) is -44.0. The molecular weight excluding hydrogens is 1740 g/mol. The van der Waals surface area contributed by atoms with Crippen molar-refractivity contribution < 1.29 is 179 Å². The first-order valence-corrected chi connectivity index (χ1v) is 44.9. The molecule has 12 aliphatic rings. The van der Waals surface area contributed by atoms with E-state index in [0.29, 0.717) is 21.1 Å². The lowest BCUT2D eigenvalue weighted by Crippen LogP contribution is -2.48. The van der Waals surface area contributed by atoms with Crippen LogP contribution in [-0.4, -0.2) is 260 Å². The molecule has 138 heavy (non-hydrogen) atoms. The van der Waals surface area contributed by atoms with Crippen LogP contribution in [-0.2, 0) is 38.2 Å². The van der Waals surface area contributed by atoms with Gasteiger partial charge in [-0.05, 0) is 326 Å². The molecule has 0 bridgehead atoms. The van der Waals surface area contributed by atoms with Gasteiger partial charge in [0.1, 0.15) is 0 Å². The lowest BCUT2D eigenvalue weighted by atomic mass is 9.79. The maximum Gasteiger partial charge on any atom is 0.161 e. The number of piperidine rings is 6. The highest BCUT2D eigenvalue weighted by Crippen LogP contribution is 2.52. The van der Waals surface area contributed by atoms with Crippen molar-refractivity contribution in [1.82, 2.24) is 29.4 Å². The number of ether oxygens (including phenoxy) is 12. The van der Waals surface area contributed by atoms with Crippen molar-refractivity contribution in [2.75, 3.05) is 163 Å². The minimum Gasteiger partial charge on any atom is -0.493 e. The molecule has 6 aromatic carbocycles. The molecular formula is C114H174N6O18. The van der Waals surface area contributed by atoms with Crippen LogP contribution >= 0.6 is 0 Å². The zero-order chi connectivity index (χ0) is 158. The summed E-state index contributed by atoms with van der Waals surface area (Å²) < 4.78 is 618. The molecule has 6 fully saturated rings. The summed E-state index contributed by atoms with van der Waals surface area (Å²) in [7, 11) is 2.90. The van der Waals surface area contributed by atoms with Crippen LogP contribution in [0.4, 0.5) is 0 Å². The third-order valence-corrected chi connectivity index (χ3v) is 24.8. The number of aryl methyl sites for hydroxylation is 6. The number of methoxy groups -OCH3 is 12. The van der Waals surface area contributed by atoms with Gasteiger partial charge in [0.25, 0.3) is 0 Å². The number of rotatable bonds is 24. The zero-order valence-corrected chi connectivity index (χ0v) is 80.3. The van der Waals surface area contributed by atoms with Gasteiger partial charge in [-0.25, -0.2) is 0 Å². The molecule has 22 unspecified atom stereocenters. The van der Waals surface area contributed by atoms with Crippen molar-refractivity contribution in [2.45, 2.75) is 271 Å². The lowest BCUT2D eigenvalue weighted by Gasteiger charge is -2.46. The van der Waals surface area contributed by atoms with E-state index in [1.807, 2.05) is 13.8 Å². The molecule has 12 heterocycles. The Morgan fingerprint density at radius 1 is 0.297 bits per heavy atom. The second-order valence-electron chi connectivity index (χ2n) is 35.3. The molecule has 24 heteroatoms. The molecule has 0 aromatic heterocycles. The topological polar surface area (TPSA) is 252 Å². The fourth-order valence-corrected chi connectivity index (χ4v) is 18.2. The van der Waals surface area contributed by atoms with Crippen molar-refractivity contribution >= 4 is 0 Å². The van der Waals surface area contributed by atoms with Gasteiger partial charge >= 0.3 is 0 Å². The summed E-state index contributed by atoms with van der Waals surface area (Å²) >= 11 is 0. The molecule has 0 amide bonds. The quantitative estimate of drug-likeness (QED) is 0.0329. The van der Waals surface area contributed by atoms with Gasteiger partial charge in [0.15, 0.2) is 69.0 Å². The summed E-state index contributed by atoms with van der Waals surface area (Å²) in [5.74, 6) is -20.6. The van der Waals surface area contributed by atoms with Crippen LogP contribution in [0.3, 0.4) is 0 Å². The molecule has 0 saturated carbocycles. The summed E-state index contributed by atoms with van der Waals surface area (Å²) in [5, 5.41) is 65.8. The first kappa shape index (κ1) is 49.8. The predicted octanol–water partition coefficient (Wildman–Crippen LogP) is 18.2. The maximum absolute atomic E-state index is 11.1. The first-order valence-electron chi connectivity index (χ1n) is 78.4. The van der Waals surface area contributed by atoms with Gasteiger partial charge in [-0.2, -0.15) is 0 Å². The molecule has 0 radical (unpaired) electrons. The molecule has 768 valence electrons. The van der Waals surface area contributed by atoms with Gasteiger partial charge < -0.3 is 87.5 Å². The molecule has 6 aromatic rings. The number of aliphatic hydroxyl groups is 6. The van der Waals surface area contributed by atoms with E-state index in [4.69, 9.17) is 140 Å². The monoisotopic (exact) mass is 1980 g/mol. The molecule has 0 aliphatic carbocycles. The standard InChI is InChI=1S/6C19H29NO3/c6*1-12(2)7-14-11-20-6-5-13-8-18(22-3)19(23-4)9-15(13)16(20)10-17(14)21/h6*8-9,12,14,16-17,21H,5-7,10-11H2,1-4H3/i2*1D3,4D3,5D2,6D2,7D2,12D,16D;5D2,6D2,10D2,14D,16D,17D;2*1D3,5D2,6D2,7D2,12D,16D;4D3,5D2,6D2,16D. The smallest absolute Gasteiger partial charge is 0.161 e. The third-order valence-electron chi connectivity index (χ3n) is 24.8. The van der Waals surface area contributed by atoms with E-state index < -0.39 is 342 Å². The second-order valence-corrected chi connectivity index (χ2v) is 35.3. The molecule has 24 nitrogen and oxygen atoms in total. The van der Waals surface area contributed by atoms with Crippen LogP contribution in [0.25, 0.3) is 0 Å². The number of aliphatic hydroxyl groups excluding tert-OH is 5. The fraction of sp³-hybridized carbons (Fsp3) is 0.684. The molecule has 12 aliphatic heterocycles. The fourth-order valence-electron chi connectivity index (χ4n) is 18.2. The Balaban J connectivity index is 0.000000197. The van der Waals surface area contributed by atoms with E-state index in [0.717, 1.165) is 72.7 Å². The third kappa shape index (κ3) is 25.4. The molecule has 18 rings (SSSR count). The van der Waals surface area contributed by atoms with Gasteiger partial charge in [0.2, 0.25) is 0 Å². The van der Waals surface area contributed by atoms with E-state index in [2.05, 4.69) is 0 Å². The normalized spacial score (nSPS) is 46.4. The predicted molar refractivity (Wildman–Crippen MR) is 547 cm³/mol. The molecule has 6 saturated heterocycles. The average Bonchev–Trinajstić information content (AvgIpc) is 0.651. The Kier molecular flexibility index (Phi) is 17.7. The highest BCUT2D eigenvalue weighted by Gasteiger charge is 2.47. The highest BCUT2D eigenvalue weighted by molar-refractivity contribution is 5.55. The second kappa shape index (κ2) is 49.1. The van der Waals surface area contributed by atoms with Crippen LogP contribution < -0.4 is 56.8 Å². The molecule has 0 spiro atoms. The number of nitrogens with zero attached hydrogens (tertiary/aromatic N) is 6. The number of benzene rings is 6. The van der Waals surface area contributed by atoms with E-state index in [1.165, 1.54) is 106 Å². The SMILES string of the molecule is [2H]C([2H])([2H])Oc1cc2c(cc1OC)C([2H])([2H])C([2H])([2H])N1CC(C([2H])([2H])C([2H])(C)C([2H])([2H])[2H])C(O)CC21[2H].[2H]C([2H])([2H])Oc1cc2c(cc1OC)C([2H])([2H])C([2H])([2H])N1CC(C([2H])([2H])C([2H])(C)C([2H])([2H])[2H])C(O)CC21[2H].[2H]C([2H])([2H])Oc1cc2c(cc1OC)C([2H])([2H])C([2H])([2H])N1CC(CC(C)C)C(O)CC21[2H].[2H]C1(CC(C)C)CN2C([2H])([2H])C([2H])([2H])c3cc(OC)c(OC)cc3C2([2H])C([2H])([2H])C1([2H])O.[2H]C12CC(O)C(C([2H])([2H])C([2H])(C)C([2H])([2H])[2H])CN1C([2H])([2H])C([2H])([2H])c1cc(OC)c(OC)cc12.[2H]C12CC(O)C(C([2H])([2H])C([2H])(C)C([2H])([2H])[2H])CN1C([2H])([2H])C([2H])([2H])c1cc(OC)c(OC)cc12. The van der Waals surface area contributed by atoms with Crippen LogP contribution in [0.15, 0.2) is 72.8 Å². The lowest BCUT2D eigenvalue weighted by molar-refractivity contribution is -0.0192. The summed E-state index contributed by atoms with van der Waals surface area (Å²) in [5.41, 5.74) is -2.12. The molecule has 22 atom stereocenters. The van der Waals surface area contributed by atoms with E-state index in [9.17, 15) is 38.9 Å². The summed E-state index contributed by atoms with van der Waals surface area (Å²) in [6.45, 7) is -22.4. The van der Waals surface area contributed by atoms with Crippen molar-refractivity contribution in [3.05, 3.63) is 140 Å². The van der Waals surface area contributed by atoms with E-state index in [-0.39, 0.29) is 173 Å². The Labute approximate surface area is 921 Å². The Morgan fingerprint density at radius 2 is 0.500 bits per heavy atom. The van der Waals surface area contributed by atoms with Gasteiger partial charge in [-0.3, -0.25) is 29.4 Å². The van der Waals surface area contributed by atoms with Gasteiger partial charge in [-0.15, -0.1) is 0 Å². The molecule has 6 N–H and O–H groups in total. The Morgan fingerprint density at radius 3 is 0.717 bits per heavy atom. The average molecular weight is 1980 g/mol. The number of fused-ring (bicyclic) bond motifs is 18. The van der Waals surface area contributed by atoms with Crippen molar-refractivity contribution in [3.63, 3.8) is 0 Å². The van der Waals surface area contributed by atoms with Crippen molar-refractivity contribution in [1.29, 1.82) is 0 Å². The van der Waals surface area contributed by atoms with Crippen molar-refractivity contribution in [2.24, 2.45) is 70.9 Å². The van der Waals surface area contributed by atoms with Crippen LogP contribution in [0.2, 0.25) is 0 Å². The van der Waals surface area contributed by atoms with Crippen LogP contribution in [0.5, 0.6) is 69.0 Å². The summed E-state index contributed by atoms with van der Waals surface area (Å²) in [4.78, 5) is 4.83. The minimum absolute atomic E-state index is 0.00368. The highest BCUT2D eigenvalue weighted by atomic mass is 16.5. The maximum atomic E-state index is 11.1. The zero-order valence-electron chi connectivity index (χ0n) is 147. The van der Waals surface area contributed by atoms with Gasteiger partial charge in [0.05, 0.1) is 144 Å². The minimum atomic E-state index is -3.20. The summed E-state index contributed by atoms with van der Waals surface area (Å²) in [6, 6.07) is 1.04. The Hall–Kier alpha value is -7.56.